The lowest BCUT2D eigenvalue weighted by molar-refractivity contribution is 0.0592. The van der Waals surface area contributed by atoms with Crippen molar-refractivity contribution in [2.75, 3.05) is 12.4 Å². The van der Waals surface area contributed by atoms with Gasteiger partial charge in [0.25, 0.3) is 5.91 Å². The number of hydrogen-bond acceptors (Lipinski definition) is 6. The van der Waals surface area contributed by atoms with Gasteiger partial charge in [-0.3, -0.25) is 4.79 Å². The number of fused-ring (bicyclic) bond motifs is 1. The number of nitrogens with one attached hydrogen (secondary N) is 1. The summed E-state index contributed by atoms with van der Waals surface area (Å²) in [6, 6.07) is 5.40. The highest BCUT2D eigenvalue weighted by Crippen LogP contribution is 2.11. The van der Waals surface area contributed by atoms with Crippen LogP contribution in [0.3, 0.4) is 0 Å². The van der Waals surface area contributed by atoms with Crippen molar-refractivity contribution >= 4 is 23.3 Å². The zero-order valence-corrected chi connectivity index (χ0v) is 11.9. The molecule has 116 valence electrons. The van der Waals surface area contributed by atoms with Gasteiger partial charge in [-0.15, -0.1) is 0 Å². The third-order valence-electron chi connectivity index (χ3n) is 2.94. The van der Waals surface area contributed by atoms with Crippen LogP contribution in [-0.4, -0.2) is 38.6 Å². The number of pyridine rings is 1. The maximum absolute atomic E-state index is 13.0. The highest BCUT2D eigenvalue weighted by Gasteiger charge is 2.12. The number of halogens is 1. The standard InChI is InChI=1S/C14H10FN5O3/c1-23-14(22)9-2-3-12-17-11(7-20(12)19-9)18-13(21)8-4-5-16-10(15)6-8/h2-7H,1H3,(H,18,21). The lowest BCUT2D eigenvalue weighted by atomic mass is 10.2. The fourth-order valence-electron chi connectivity index (χ4n) is 1.89. The van der Waals surface area contributed by atoms with E-state index in [4.69, 9.17) is 0 Å². The van der Waals surface area contributed by atoms with E-state index >= 15 is 0 Å². The number of ether oxygens (including phenoxy) is 1. The molecule has 0 aliphatic rings. The van der Waals surface area contributed by atoms with Gasteiger partial charge in [0.1, 0.15) is 0 Å². The van der Waals surface area contributed by atoms with E-state index in [9.17, 15) is 14.0 Å². The molecule has 0 saturated heterocycles. The quantitative estimate of drug-likeness (QED) is 0.578. The van der Waals surface area contributed by atoms with E-state index in [2.05, 4.69) is 25.1 Å². The summed E-state index contributed by atoms with van der Waals surface area (Å²) >= 11 is 0. The first kappa shape index (κ1) is 14.6. The zero-order chi connectivity index (χ0) is 16.4. The van der Waals surface area contributed by atoms with Gasteiger partial charge in [0.2, 0.25) is 5.95 Å². The average Bonchev–Trinajstić information content (AvgIpc) is 2.95. The van der Waals surface area contributed by atoms with Crippen molar-refractivity contribution in [1.29, 1.82) is 0 Å². The van der Waals surface area contributed by atoms with Crippen LogP contribution in [-0.2, 0) is 4.74 Å². The number of carbonyl (C=O) groups is 2. The number of anilines is 1. The molecule has 9 heteroatoms. The average molecular weight is 315 g/mol. The molecule has 1 amide bonds. The summed E-state index contributed by atoms with van der Waals surface area (Å²) in [6.07, 6.45) is 2.62. The predicted molar refractivity (Wildman–Crippen MR) is 76.5 cm³/mol. The molecule has 23 heavy (non-hydrogen) atoms. The molecule has 3 rings (SSSR count). The fraction of sp³-hybridized carbons (Fsp3) is 0.0714. The van der Waals surface area contributed by atoms with Crippen LogP contribution in [0.15, 0.2) is 36.7 Å². The van der Waals surface area contributed by atoms with E-state index < -0.39 is 17.8 Å². The molecule has 0 saturated carbocycles. The molecule has 3 heterocycles. The topological polar surface area (TPSA) is 98.5 Å². The first-order chi connectivity index (χ1) is 11.1. The summed E-state index contributed by atoms with van der Waals surface area (Å²) < 4.78 is 18.9. The number of nitrogens with zero attached hydrogens (tertiary/aromatic N) is 4. The summed E-state index contributed by atoms with van der Waals surface area (Å²) in [7, 11) is 1.25. The lowest BCUT2D eigenvalue weighted by Gasteiger charge is -2.00. The fourth-order valence-corrected chi connectivity index (χ4v) is 1.89. The number of imidazole rings is 1. The van der Waals surface area contributed by atoms with Gasteiger partial charge in [0.15, 0.2) is 17.2 Å². The molecule has 8 nitrogen and oxygen atoms in total. The van der Waals surface area contributed by atoms with E-state index in [1.165, 1.54) is 36.2 Å². The highest BCUT2D eigenvalue weighted by atomic mass is 19.1. The van der Waals surface area contributed by atoms with Gasteiger partial charge in [-0.2, -0.15) is 9.49 Å². The van der Waals surface area contributed by atoms with Crippen LogP contribution in [0.4, 0.5) is 10.2 Å². The summed E-state index contributed by atoms with van der Waals surface area (Å²) in [5, 5.41) is 6.54. The molecule has 0 bridgehead atoms. The van der Waals surface area contributed by atoms with E-state index in [1.54, 1.807) is 6.07 Å². The van der Waals surface area contributed by atoms with E-state index in [0.717, 1.165) is 6.07 Å². The summed E-state index contributed by atoms with van der Waals surface area (Å²) in [6.45, 7) is 0. The Bertz CT molecular complexity index is 908. The first-order valence-corrected chi connectivity index (χ1v) is 6.44. The normalized spacial score (nSPS) is 10.5. The third-order valence-corrected chi connectivity index (χ3v) is 2.94. The van der Waals surface area contributed by atoms with Crippen molar-refractivity contribution in [3.05, 3.63) is 53.9 Å². The Hall–Kier alpha value is -3.36. The molecular weight excluding hydrogens is 305 g/mol. The molecule has 0 aliphatic heterocycles. The van der Waals surface area contributed by atoms with Gasteiger partial charge in [-0.05, 0) is 18.2 Å². The van der Waals surface area contributed by atoms with Crippen LogP contribution in [0.2, 0.25) is 0 Å². The second kappa shape index (κ2) is 5.79. The van der Waals surface area contributed by atoms with Gasteiger partial charge in [-0.1, -0.05) is 0 Å². The molecular formula is C14H10FN5O3. The lowest BCUT2D eigenvalue weighted by Crippen LogP contribution is -2.12. The largest absolute Gasteiger partial charge is 0.464 e. The Morgan fingerprint density at radius 2 is 2.13 bits per heavy atom. The maximum Gasteiger partial charge on any atom is 0.358 e. The first-order valence-electron chi connectivity index (χ1n) is 6.44. The molecule has 0 fully saturated rings. The van der Waals surface area contributed by atoms with Gasteiger partial charge >= 0.3 is 5.97 Å². The van der Waals surface area contributed by atoms with Crippen LogP contribution in [0.5, 0.6) is 0 Å². The molecule has 0 spiro atoms. The van der Waals surface area contributed by atoms with Crippen LogP contribution in [0.25, 0.3) is 5.65 Å². The molecule has 0 unspecified atom stereocenters. The molecule has 0 atom stereocenters. The van der Waals surface area contributed by atoms with Crippen molar-refractivity contribution < 1.29 is 18.7 Å². The number of hydrogen-bond donors (Lipinski definition) is 1. The van der Waals surface area contributed by atoms with E-state index in [0.29, 0.717) is 5.65 Å². The minimum atomic E-state index is -0.753. The monoisotopic (exact) mass is 315 g/mol. The number of esters is 1. The summed E-state index contributed by atoms with van der Waals surface area (Å²) in [4.78, 5) is 31.0. The highest BCUT2D eigenvalue weighted by molar-refractivity contribution is 6.03. The third kappa shape index (κ3) is 2.98. The Balaban J connectivity index is 1.86. The van der Waals surface area contributed by atoms with Gasteiger partial charge in [0.05, 0.1) is 13.3 Å². The van der Waals surface area contributed by atoms with E-state index in [1.807, 2.05) is 0 Å². The number of rotatable bonds is 3. The SMILES string of the molecule is COC(=O)c1ccc2nc(NC(=O)c3ccnc(F)c3)cn2n1. The molecule has 0 radical (unpaired) electrons. The van der Waals surface area contributed by atoms with Crippen molar-refractivity contribution in [2.45, 2.75) is 0 Å². The Kier molecular flexibility index (Phi) is 3.67. The van der Waals surface area contributed by atoms with Crippen LogP contribution in [0.1, 0.15) is 20.8 Å². The van der Waals surface area contributed by atoms with Gasteiger partial charge in [-0.25, -0.2) is 19.3 Å². The second-order valence-electron chi connectivity index (χ2n) is 4.46. The van der Waals surface area contributed by atoms with Crippen molar-refractivity contribution in [3.8, 4) is 0 Å². The van der Waals surface area contributed by atoms with Crippen LogP contribution >= 0.6 is 0 Å². The van der Waals surface area contributed by atoms with Crippen molar-refractivity contribution in [3.63, 3.8) is 0 Å². The van der Waals surface area contributed by atoms with Crippen molar-refractivity contribution in [1.82, 2.24) is 19.6 Å². The maximum atomic E-state index is 13.0. The van der Waals surface area contributed by atoms with Gasteiger partial charge < -0.3 is 10.1 Å². The summed E-state index contributed by atoms with van der Waals surface area (Å²) in [5.74, 6) is -1.67. The number of carbonyl (C=O) groups excluding carboxylic acids is 2. The molecule has 1 N–H and O–H groups in total. The molecule has 3 aromatic rings. The molecule has 0 aliphatic carbocycles. The number of methoxy groups -OCH3 is 1. The predicted octanol–water partition coefficient (Wildman–Crippen LogP) is 1.30. The van der Waals surface area contributed by atoms with Crippen LogP contribution in [0, 0.1) is 5.95 Å². The molecule has 0 aromatic carbocycles. The minimum Gasteiger partial charge on any atom is -0.464 e. The van der Waals surface area contributed by atoms with E-state index in [-0.39, 0.29) is 17.1 Å². The van der Waals surface area contributed by atoms with Gasteiger partial charge in [0, 0.05) is 17.8 Å². The smallest absolute Gasteiger partial charge is 0.358 e. The Morgan fingerprint density at radius 1 is 1.30 bits per heavy atom. The summed E-state index contributed by atoms with van der Waals surface area (Å²) in [5.41, 5.74) is 0.637. The Morgan fingerprint density at radius 3 is 2.87 bits per heavy atom. The number of amides is 1. The van der Waals surface area contributed by atoms with Crippen molar-refractivity contribution in [2.24, 2.45) is 0 Å². The Labute approximate surface area is 128 Å². The minimum absolute atomic E-state index is 0.103. The number of aromatic nitrogens is 4. The zero-order valence-electron chi connectivity index (χ0n) is 11.9. The van der Waals surface area contributed by atoms with Crippen LogP contribution < -0.4 is 5.32 Å². The molecule has 3 aromatic heterocycles. The second-order valence-corrected chi connectivity index (χ2v) is 4.46.